The standard InChI is InChI=1S/C17H24N4S/c1-4-13-7-5-8-14(11-13)20-17(18)19-12-15(21(2)3)16-9-6-10-22-16/h5-11,15H,4,12H2,1-3H3,(H3,18,19,20). The molecule has 1 aromatic carbocycles. The fraction of sp³-hybridized carbons (Fsp3) is 0.353. The van der Waals surface area contributed by atoms with Gasteiger partial charge in [0, 0.05) is 10.6 Å². The van der Waals surface area contributed by atoms with E-state index in [1.54, 1.807) is 11.3 Å². The summed E-state index contributed by atoms with van der Waals surface area (Å²) in [6.45, 7) is 2.78. The van der Waals surface area contributed by atoms with Gasteiger partial charge in [-0.3, -0.25) is 4.99 Å². The van der Waals surface area contributed by atoms with Crippen molar-refractivity contribution < 1.29 is 0 Å². The maximum absolute atomic E-state index is 6.02. The van der Waals surface area contributed by atoms with Gasteiger partial charge in [-0.1, -0.05) is 25.1 Å². The molecule has 0 saturated heterocycles. The lowest BCUT2D eigenvalue weighted by Crippen LogP contribution is -2.26. The Morgan fingerprint density at radius 3 is 2.77 bits per heavy atom. The summed E-state index contributed by atoms with van der Waals surface area (Å²) in [4.78, 5) is 7.97. The molecule has 22 heavy (non-hydrogen) atoms. The van der Waals surface area contributed by atoms with Gasteiger partial charge in [0.15, 0.2) is 5.96 Å². The zero-order valence-electron chi connectivity index (χ0n) is 13.4. The first-order chi connectivity index (χ1) is 10.6. The van der Waals surface area contributed by atoms with Gasteiger partial charge in [0.05, 0.1) is 12.6 Å². The molecule has 0 amide bonds. The number of nitrogens with two attached hydrogens (primary N) is 1. The Hall–Kier alpha value is -1.85. The van der Waals surface area contributed by atoms with Crippen LogP contribution in [-0.2, 0) is 6.42 Å². The van der Waals surface area contributed by atoms with Crippen molar-refractivity contribution in [1.82, 2.24) is 4.90 Å². The number of hydrogen-bond donors (Lipinski definition) is 2. The van der Waals surface area contributed by atoms with E-state index in [9.17, 15) is 0 Å². The molecule has 3 N–H and O–H groups in total. The van der Waals surface area contributed by atoms with Crippen molar-refractivity contribution in [2.45, 2.75) is 19.4 Å². The molecule has 0 aliphatic heterocycles. The molecule has 118 valence electrons. The predicted octanol–water partition coefficient (Wildman–Crippen LogP) is 3.34. The molecule has 2 rings (SSSR count). The Balaban J connectivity index is 2.01. The van der Waals surface area contributed by atoms with Gasteiger partial charge >= 0.3 is 0 Å². The van der Waals surface area contributed by atoms with Crippen molar-refractivity contribution in [1.29, 1.82) is 0 Å². The van der Waals surface area contributed by atoms with E-state index in [2.05, 4.69) is 65.9 Å². The maximum Gasteiger partial charge on any atom is 0.193 e. The van der Waals surface area contributed by atoms with Gasteiger partial charge in [-0.2, -0.15) is 0 Å². The highest BCUT2D eigenvalue weighted by Crippen LogP contribution is 2.23. The monoisotopic (exact) mass is 316 g/mol. The van der Waals surface area contributed by atoms with Gasteiger partial charge in [-0.15, -0.1) is 11.3 Å². The molecule has 1 aromatic heterocycles. The third kappa shape index (κ3) is 4.58. The summed E-state index contributed by atoms with van der Waals surface area (Å²) in [7, 11) is 4.13. The van der Waals surface area contributed by atoms with Crippen LogP contribution in [0.2, 0.25) is 0 Å². The van der Waals surface area contributed by atoms with Crippen molar-refractivity contribution in [2.24, 2.45) is 10.7 Å². The lowest BCUT2D eigenvalue weighted by Gasteiger charge is -2.21. The van der Waals surface area contributed by atoms with Crippen LogP contribution >= 0.6 is 11.3 Å². The van der Waals surface area contributed by atoms with Gasteiger partial charge in [0.1, 0.15) is 0 Å². The molecule has 0 aliphatic carbocycles. The molecule has 1 unspecified atom stereocenters. The molecular weight excluding hydrogens is 292 g/mol. The molecule has 4 nitrogen and oxygen atoms in total. The maximum atomic E-state index is 6.02. The number of aliphatic imine (C=N–C) groups is 1. The van der Waals surface area contributed by atoms with Crippen LogP contribution in [0, 0.1) is 0 Å². The number of hydrogen-bond acceptors (Lipinski definition) is 3. The summed E-state index contributed by atoms with van der Waals surface area (Å²) in [5, 5.41) is 5.26. The van der Waals surface area contributed by atoms with Gasteiger partial charge in [-0.25, -0.2) is 0 Å². The van der Waals surface area contributed by atoms with E-state index in [-0.39, 0.29) is 6.04 Å². The second-order valence-corrected chi connectivity index (χ2v) is 6.38. The smallest absolute Gasteiger partial charge is 0.193 e. The summed E-state index contributed by atoms with van der Waals surface area (Å²) >= 11 is 1.75. The van der Waals surface area contributed by atoms with Crippen LogP contribution in [0.5, 0.6) is 0 Å². The number of guanidine groups is 1. The SMILES string of the molecule is CCc1cccc(NC(N)=NCC(c2cccs2)N(C)C)c1. The molecule has 0 fully saturated rings. The molecule has 0 spiro atoms. The van der Waals surface area contributed by atoms with Gasteiger partial charge in [0.2, 0.25) is 0 Å². The molecule has 0 aliphatic rings. The van der Waals surface area contributed by atoms with Crippen LogP contribution in [0.25, 0.3) is 0 Å². The van der Waals surface area contributed by atoms with Crippen LogP contribution in [0.3, 0.4) is 0 Å². The number of nitrogens with zero attached hydrogens (tertiary/aromatic N) is 2. The van der Waals surface area contributed by atoms with Crippen molar-refractivity contribution in [3.63, 3.8) is 0 Å². The summed E-state index contributed by atoms with van der Waals surface area (Å²) in [5.41, 5.74) is 8.29. The fourth-order valence-electron chi connectivity index (χ4n) is 2.23. The number of nitrogens with one attached hydrogen (secondary N) is 1. The molecule has 5 heteroatoms. The van der Waals surface area contributed by atoms with Crippen LogP contribution in [0.15, 0.2) is 46.8 Å². The lowest BCUT2D eigenvalue weighted by molar-refractivity contribution is 0.311. The molecular formula is C17H24N4S. The van der Waals surface area contributed by atoms with E-state index in [0.29, 0.717) is 12.5 Å². The van der Waals surface area contributed by atoms with E-state index in [1.165, 1.54) is 10.4 Å². The number of aryl methyl sites for hydroxylation is 1. The molecule has 0 radical (unpaired) electrons. The Morgan fingerprint density at radius 1 is 1.32 bits per heavy atom. The molecule has 1 heterocycles. The predicted molar refractivity (Wildman–Crippen MR) is 96.7 cm³/mol. The number of thiophene rings is 1. The first-order valence-corrected chi connectivity index (χ1v) is 8.33. The highest BCUT2D eigenvalue weighted by molar-refractivity contribution is 7.10. The lowest BCUT2D eigenvalue weighted by atomic mass is 10.1. The largest absolute Gasteiger partial charge is 0.370 e. The average molecular weight is 316 g/mol. The summed E-state index contributed by atoms with van der Waals surface area (Å²) in [6.07, 6.45) is 1.01. The Labute approximate surface area is 136 Å². The van der Waals surface area contributed by atoms with E-state index >= 15 is 0 Å². The van der Waals surface area contributed by atoms with Crippen molar-refractivity contribution in [3.05, 3.63) is 52.2 Å². The second kappa shape index (κ2) is 7.96. The van der Waals surface area contributed by atoms with E-state index < -0.39 is 0 Å². The van der Waals surface area contributed by atoms with Crippen LogP contribution in [0.4, 0.5) is 5.69 Å². The van der Waals surface area contributed by atoms with Crippen LogP contribution < -0.4 is 11.1 Å². The van der Waals surface area contributed by atoms with Crippen LogP contribution in [0.1, 0.15) is 23.4 Å². The van der Waals surface area contributed by atoms with Gasteiger partial charge in [-0.05, 0) is 49.7 Å². The minimum atomic E-state index is 0.252. The topological polar surface area (TPSA) is 53.6 Å². The average Bonchev–Trinajstić information content (AvgIpc) is 3.01. The second-order valence-electron chi connectivity index (χ2n) is 5.40. The molecule has 2 aromatic rings. The number of anilines is 1. The quantitative estimate of drug-likeness (QED) is 0.635. The third-order valence-corrected chi connectivity index (χ3v) is 4.51. The minimum Gasteiger partial charge on any atom is -0.370 e. The summed E-state index contributed by atoms with van der Waals surface area (Å²) in [5.74, 6) is 0.455. The fourth-order valence-corrected chi connectivity index (χ4v) is 3.14. The summed E-state index contributed by atoms with van der Waals surface area (Å²) in [6, 6.07) is 12.7. The third-order valence-electron chi connectivity index (χ3n) is 3.54. The molecule has 0 saturated carbocycles. The zero-order valence-corrected chi connectivity index (χ0v) is 14.2. The summed E-state index contributed by atoms with van der Waals surface area (Å²) < 4.78 is 0. The Morgan fingerprint density at radius 2 is 2.14 bits per heavy atom. The first kappa shape index (κ1) is 16.5. The van der Waals surface area contributed by atoms with E-state index in [4.69, 9.17) is 5.73 Å². The van der Waals surface area contributed by atoms with Crippen molar-refractivity contribution in [2.75, 3.05) is 26.0 Å². The minimum absolute atomic E-state index is 0.252. The van der Waals surface area contributed by atoms with Gasteiger partial charge < -0.3 is 16.0 Å². The van der Waals surface area contributed by atoms with Crippen molar-refractivity contribution >= 4 is 23.0 Å². The van der Waals surface area contributed by atoms with Gasteiger partial charge in [0.25, 0.3) is 0 Å². The number of likely N-dealkylation sites (N-methyl/N-ethyl adjacent to an activating group) is 1. The molecule has 0 bridgehead atoms. The number of benzene rings is 1. The normalized spacial score (nSPS) is 13.4. The Kier molecular flexibility index (Phi) is 5.98. The highest BCUT2D eigenvalue weighted by Gasteiger charge is 2.14. The highest BCUT2D eigenvalue weighted by atomic mass is 32.1. The zero-order chi connectivity index (χ0) is 15.9. The van der Waals surface area contributed by atoms with E-state index in [1.807, 2.05) is 12.1 Å². The first-order valence-electron chi connectivity index (χ1n) is 7.46. The Bertz CT molecular complexity index is 605. The van der Waals surface area contributed by atoms with E-state index in [0.717, 1.165) is 12.1 Å². The van der Waals surface area contributed by atoms with Crippen LogP contribution in [-0.4, -0.2) is 31.5 Å². The van der Waals surface area contributed by atoms with Crippen molar-refractivity contribution in [3.8, 4) is 0 Å². The number of rotatable bonds is 6. The molecule has 1 atom stereocenters.